The number of hydrazone groups is 1. The van der Waals surface area contributed by atoms with Gasteiger partial charge in [0.25, 0.3) is 0 Å². The Morgan fingerprint density at radius 1 is 1.16 bits per heavy atom. The molecule has 2 fully saturated rings. The summed E-state index contributed by atoms with van der Waals surface area (Å²) >= 11 is 0. The number of likely N-dealkylation sites (tertiary alicyclic amines) is 1. The van der Waals surface area contributed by atoms with Gasteiger partial charge in [-0.05, 0) is 25.0 Å². The number of nitrogens with zero attached hydrogens (tertiary/aromatic N) is 5. The molecule has 1 aromatic heterocycles. The standard InChI is InChI=1S/C19H25F3N6O3/c20-19(21,22)18(30)31-17(29)13-26-5-3-15(4-6-26)27-7-9-28(10-8-27)16-2-1-14(11-25-23)24-12-16/h1-2,11-12,15H,3-10,13,23H2/b25-11+. The van der Waals surface area contributed by atoms with Crippen LogP contribution in [0.1, 0.15) is 18.5 Å². The molecule has 2 aliphatic rings. The SMILES string of the molecule is N/N=C/c1ccc(N2CCN(C3CCN(CC(=O)OC(=O)C(F)(F)F)CC3)CC2)cn1. The van der Waals surface area contributed by atoms with Crippen LogP contribution < -0.4 is 10.7 Å². The number of pyridine rings is 1. The van der Waals surface area contributed by atoms with Crippen LogP contribution in [0.15, 0.2) is 23.4 Å². The van der Waals surface area contributed by atoms with Crippen molar-refractivity contribution in [2.75, 3.05) is 50.7 Å². The summed E-state index contributed by atoms with van der Waals surface area (Å²) in [5.74, 6) is 1.48. The van der Waals surface area contributed by atoms with Gasteiger partial charge in [-0.25, -0.2) is 4.79 Å². The fourth-order valence-corrected chi connectivity index (χ4v) is 3.90. The first-order valence-electron chi connectivity index (χ1n) is 9.99. The molecule has 0 bridgehead atoms. The topological polar surface area (TPSA) is 104 Å². The molecule has 2 aliphatic heterocycles. The number of piperidine rings is 1. The van der Waals surface area contributed by atoms with E-state index in [4.69, 9.17) is 5.84 Å². The summed E-state index contributed by atoms with van der Waals surface area (Å²) < 4.78 is 40.4. The lowest BCUT2D eigenvalue weighted by atomic mass is 10.0. The maximum Gasteiger partial charge on any atom is 0.491 e. The van der Waals surface area contributed by atoms with Crippen LogP contribution in [0.3, 0.4) is 0 Å². The van der Waals surface area contributed by atoms with E-state index in [1.807, 2.05) is 12.1 Å². The van der Waals surface area contributed by atoms with Crippen molar-refractivity contribution in [1.29, 1.82) is 0 Å². The van der Waals surface area contributed by atoms with Gasteiger partial charge in [-0.1, -0.05) is 0 Å². The van der Waals surface area contributed by atoms with E-state index in [0.717, 1.165) is 44.7 Å². The lowest BCUT2D eigenvalue weighted by Gasteiger charge is -2.43. The third-order valence-corrected chi connectivity index (χ3v) is 5.52. The molecule has 2 saturated heterocycles. The lowest BCUT2D eigenvalue weighted by molar-refractivity contribution is -0.202. The molecule has 0 radical (unpaired) electrons. The smallest absolute Gasteiger partial charge is 0.385 e. The third-order valence-electron chi connectivity index (χ3n) is 5.52. The molecule has 0 saturated carbocycles. The average Bonchev–Trinajstić information content (AvgIpc) is 2.74. The number of hydrogen-bond donors (Lipinski definition) is 1. The molecule has 9 nitrogen and oxygen atoms in total. The van der Waals surface area contributed by atoms with E-state index in [9.17, 15) is 22.8 Å². The number of piperazine rings is 1. The van der Waals surface area contributed by atoms with Crippen molar-refractivity contribution in [3.63, 3.8) is 0 Å². The third kappa shape index (κ3) is 6.37. The molecule has 170 valence electrons. The Bertz CT molecular complexity index is 786. The van der Waals surface area contributed by atoms with Crippen molar-refractivity contribution in [2.24, 2.45) is 10.9 Å². The summed E-state index contributed by atoms with van der Waals surface area (Å²) in [5.41, 5.74) is 1.74. The molecule has 31 heavy (non-hydrogen) atoms. The first-order chi connectivity index (χ1) is 14.8. The highest BCUT2D eigenvalue weighted by Crippen LogP contribution is 2.21. The number of aromatic nitrogens is 1. The molecule has 3 rings (SSSR count). The molecule has 0 spiro atoms. The van der Waals surface area contributed by atoms with Gasteiger partial charge in [-0.2, -0.15) is 18.3 Å². The van der Waals surface area contributed by atoms with Gasteiger partial charge in [-0.15, -0.1) is 0 Å². The van der Waals surface area contributed by atoms with Gasteiger partial charge < -0.3 is 15.5 Å². The van der Waals surface area contributed by atoms with Gasteiger partial charge in [0.15, 0.2) is 0 Å². The molecule has 2 N–H and O–H groups in total. The maximum atomic E-state index is 12.2. The molecule has 1 aromatic rings. The summed E-state index contributed by atoms with van der Waals surface area (Å²) in [7, 11) is 0. The van der Waals surface area contributed by atoms with E-state index in [1.165, 1.54) is 6.21 Å². The molecular weight excluding hydrogens is 417 g/mol. The fraction of sp³-hybridized carbons (Fsp3) is 0.579. The zero-order chi connectivity index (χ0) is 22.4. The van der Waals surface area contributed by atoms with E-state index in [1.54, 1.807) is 11.1 Å². The van der Waals surface area contributed by atoms with Crippen LogP contribution in [0.4, 0.5) is 18.9 Å². The van der Waals surface area contributed by atoms with Gasteiger partial charge in [-0.3, -0.25) is 19.6 Å². The Hall–Kier alpha value is -2.73. The Labute approximate surface area is 177 Å². The van der Waals surface area contributed by atoms with E-state index in [2.05, 4.69) is 24.6 Å². The van der Waals surface area contributed by atoms with Crippen molar-refractivity contribution in [1.82, 2.24) is 14.8 Å². The monoisotopic (exact) mass is 442 g/mol. The van der Waals surface area contributed by atoms with E-state index >= 15 is 0 Å². The first-order valence-corrected chi connectivity index (χ1v) is 9.99. The average molecular weight is 442 g/mol. The number of rotatable bonds is 5. The minimum absolute atomic E-state index is 0.319. The fourth-order valence-electron chi connectivity index (χ4n) is 3.90. The minimum atomic E-state index is -5.17. The second-order valence-electron chi connectivity index (χ2n) is 7.51. The van der Waals surface area contributed by atoms with Gasteiger partial charge in [0.2, 0.25) is 0 Å². The summed E-state index contributed by atoms with van der Waals surface area (Å²) in [6.07, 6.45) is -0.276. The predicted molar refractivity (Wildman–Crippen MR) is 106 cm³/mol. The quantitative estimate of drug-likeness (QED) is 0.232. The lowest BCUT2D eigenvalue weighted by Crippen LogP contribution is -2.53. The van der Waals surface area contributed by atoms with Crippen molar-refractivity contribution >= 4 is 23.8 Å². The highest BCUT2D eigenvalue weighted by molar-refractivity contribution is 5.89. The maximum absolute atomic E-state index is 12.2. The van der Waals surface area contributed by atoms with Gasteiger partial charge in [0, 0.05) is 45.3 Å². The molecule has 0 aliphatic carbocycles. The van der Waals surface area contributed by atoms with Crippen LogP contribution in [0.5, 0.6) is 0 Å². The van der Waals surface area contributed by atoms with E-state index in [-0.39, 0.29) is 6.54 Å². The highest BCUT2D eigenvalue weighted by atomic mass is 19.4. The molecule has 0 amide bonds. The summed E-state index contributed by atoms with van der Waals surface area (Å²) in [6.45, 7) is 4.30. The highest BCUT2D eigenvalue weighted by Gasteiger charge is 2.42. The number of carbonyl (C=O) groups excluding carboxylic acids is 2. The predicted octanol–water partition coefficient (Wildman–Crippen LogP) is 0.593. The minimum Gasteiger partial charge on any atom is -0.385 e. The van der Waals surface area contributed by atoms with Gasteiger partial charge >= 0.3 is 18.1 Å². The molecular formula is C19H25F3N6O3. The molecule has 3 heterocycles. The number of halogens is 3. The Kier molecular flexibility index (Phi) is 7.44. The van der Waals surface area contributed by atoms with E-state index < -0.39 is 18.1 Å². The second-order valence-corrected chi connectivity index (χ2v) is 7.51. The second kappa shape index (κ2) is 10.1. The van der Waals surface area contributed by atoms with Crippen LogP contribution in [0.2, 0.25) is 0 Å². The van der Waals surface area contributed by atoms with E-state index in [0.29, 0.717) is 24.8 Å². The zero-order valence-electron chi connectivity index (χ0n) is 16.9. The summed E-state index contributed by atoms with van der Waals surface area (Å²) in [5, 5.41) is 3.46. The van der Waals surface area contributed by atoms with Gasteiger partial charge in [0.05, 0.1) is 30.3 Å². The number of alkyl halides is 3. The van der Waals surface area contributed by atoms with Crippen molar-refractivity contribution < 1.29 is 27.5 Å². The largest absolute Gasteiger partial charge is 0.491 e. The number of carbonyl (C=O) groups is 2. The Morgan fingerprint density at radius 3 is 2.39 bits per heavy atom. The van der Waals surface area contributed by atoms with Crippen LogP contribution in [-0.4, -0.2) is 91.0 Å². The first kappa shape index (κ1) is 22.9. The number of ether oxygens (including phenoxy) is 1. The van der Waals surface area contributed by atoms with Crippen LogP contribution in [0, 0.1) is 0 Å². The van der Waals surface area contributed by atoms with Crippen LogP contribution in [0.25, 0.3) is 0 Å². The summed E-state index contributed by atoms with van der Waals surface area (Å²) in [4.78, 5) is 33.0. The zero-order valence-corrected chi connectivity index (χ0v) is 16.9. The molecule has 12 heteroatoms. The van der Waals surface area contributed by atoms with Crippen LogP contribution >= 0.6 is 0 Å². The number of anilines is 1. The van der Waals surface area contributed by atoms with Crippen LogP contribution in [-0.2, 0) is 14.3 Å². The Morgan fingerprint density at radius 2 is 1.84 bits per heavy atom. The number of hydrogen-bond acceptors (Lipinski definition) is 9. The molecule has 0 unspecified atom stereocenters. The Balaban J connectivity index is 1.40. The van der Waals surface area contributed by atoms with Crippen molar-refractivity contribution in [2.45, 2.75) is 25.1 Å². The summed E-state index contributed by atoms with van der Waals surface area (Å²) in [6, 6.07) is 4.20. The number of nitrogens with two attached hydrogens (primary N) is 1. The molecule has 0 aromatic carbocycles. The normalized spacial score (nSPS) is 19.6. The molecule has 0 atom stereocenters. The number of esters is 2. The van der Waals surface area contributed by atoms with Crippen molar-refractivity contribution in [3.8, 4) is 0 Å². The van der Waals surface area contributed by atoms with Crippen molar-refractivity contribution in [3.05, 3.63) is 24.0 Å². The van der Waals surface area contributed by atoms with Gasteiger partial charge in [0.1, 0.15) is 0 Å².